The summed E-state index contributed by atoms with van der Waals surface area (Å²) in [6, 6.07) is 5.73. The molecule has 0 bridgehead atoms. The Morgan fingerprint density at radius 2 is 2.21 bits per heavy atom. The molecule has 1 aliphatic heterocycles. The molecule has 1 saturated heterocycles. The highest BCUT2D eigenvalue weighted by molar-refractivity contribution is 7.22. The van der Waals surface area contributed by atoms with E-state index in [0.29, 0.717) is 20.0 Å². The second-order valence-electron chi connectivity index (χ2n) is 4.31. The van der Waals surface area contributed by atoms with Gasteiger partial charge in [0.15, 0.2) is 5.13 Å². The van der Waals surface area contributed by atoms with Crippen LogP contribution < -0.4 is 10.6 Å². The van der Waals surface area contributed by atoms with E-state index in [1.807, 2.05) is 18.2 Å². The number of rotatable bonds is 2. The highest BCUT2D eigenvalue weighted by Gasteiger charge is 2.24. The minimum atomic E-state index is 0.562. The molecule has 8 heteroatoms. The molecule has 0 spiro atoms. The van der Waals surface area contributed by atoms with Crippen LogP contribution >= 0.6 is 23.1 Å². The average Bonchev–Trinajstić information content (AvgIpc) is 2.80. The lowest BCUT2D eigenvalue weighted by Gasteiger charge is -2.37. The molecule has 0 radical (unpaired) electrons. The second kappa shape index (κ2) is 5.10. The summed E-state index contributed by atoms with van der Waals surface area (Å²) in [5.74, 6) is 0. The van der Waals surface area contributed by atoms with E-state index >= 15 is 0 Å². The number of benzene rings is 1. The number of hydrogen-bond donors (Lipinski definition) is 1. The number of nitrogen functional groups attached to an aromatic ring is 1. The maximum Gasteiger partial charge on any atom is 0.188 e. The Morgan fingerprint density at radius 3 is 3.00 bits per heavy atom. The van der Waals surface area contributed by atoms with Crippen LogP contribution in [0.3, 0.4) is 0 Å². The number of hydroxylamine groups is 2. The van der Waals surface area contributed by atoms with Gasteiger partial charge in [0.2, 0.25) is 0 Å². The molecule has 6 nitrogen and oxygen atoms in total. The molecule has 1 fully saturated rings. The molecule has 0 amide bonds. The van der Waals surface area contributed by atoms with Crippen LogP contribution in [0, 0.1) is 0 Å². The summed E-state index contributed by atoms with van der Waals surface area (Å²) < 4.78 is 2.72. The molecule has 2 heterocycles. The number of aromatic nitrogens is 1. The average molecular weight is 300 g/mol. The maximum atomic E-state index is 6.09. The number of nitrogens with two attached hydrogens (primary N) is 1. The van der Waals surface area contributed by atoms with Crippen molar-refractivity contribution in [2.75, 3.05) is 37.7 Å². The molecule has 2 N–H and O–H groups in total. The summed E-state index contributed by atoms with van der Waals surface area (Å²) in [4.78, 5) is 11.9. The van der Waals surface area contributed by atoms with E-state index in [0.717, 1.165) is 21.0 Å². The van der Waals surface area contributed by atoms with Crippen molar-refractivity contribution in [2.45, 2.75) is 0 Å². The molecule has 1 aromatic carbocycles. The summed E-state index contributed by atoms with van der Waals surface area (Å²) in [5, 5.41) is 2.67. The van der Waals surface area contributed by atoms with E-state index in [2.05, 4.69) is 9.88 Å². The molecule has 3 rings (SSSR count). The molecule has 0 saturated carbocycles. The van der Waals surface area contributed by atoms with Crippen molar-refractivity contribution in [3.05, 3.63) is 18.2 Å². The topological polar surface area (TPSA) is 57.9 Å². The summed E-state index contributed by atoms with van der Waals surface area (Å²) in [6.45, 7) is 1.80. The van der Waals surface area contributed by atoms with Crippen molar-refractivity contribution in [1.82, 2.24) is 14.5 Å². The maximum absolute atomic E-state index is 6.09. The highest BCUT2D eigenvalue weighted by Crippen LogP contribution is 2.31. The predicted octanol–water partition coefficient (Wildman–Crippen LogP) is 1.89. The first-order valence-corrected chi connectivity index (χ1v) is 6.92. The van der Waals surface area contributed by atoms with E-state index in [9.17, 15) is 0 Å². The van der Waals surface area contributed by atoms with Crippen molar-refractivity contribution in [3.8, 4) is 0 Å². The van der Waals surface area contributed by atoms with Crippen molar-refractivity contribution < 1.29 is 4.84 Å². The van der Waals surface area contributed by atoms with Gasteiger partial charge in [-0.2, -0.15) is 9.48 Å². The van der Waals surface area contributed by atoms with Crippen molar-refractivity contribution >= 4 is 44.1 Å². The number of nitrogens with zero attached hydrogens (tertiary/aromatic N) is 4. The third-order valence-electron chi connectivity index (χ3n) is 2.89. The van der Waals surface area contributed by atoms with Gasteiger partial charge in [0.25, 0.3) is 0 Å². The second-order valence-corrected chi connectivity index (χ2v) is 5.80. The van der Waals surface area contributed by atoms with Crippen LogP contribution in [0.15, 0.2) is 18.2 Å². The first-order chi connectivity index (χ1) is 9.15. The first kappa shape index (κ1) is 12.9. The van der Waals surface area contributed by atoms with Crippen molar-refractivity contribution in [1.29, 1.82) is 0 Å². The van der Waals surface area contributed by atoms with Crippen LogP contribution in [0.5, 0.6) is 0 Å². The minimum absolute atomic E-state index is 0.562. The summed E-state index contributed by atoms with van der Waals surface area (Å²) in [7, 11) is 1.63. The van der Waals surface area contributed by atoms with Crippen LogP contribution in [-0.4, -0.2) is 41.6 Å². The molecule has 0 unspecified atom stereocenters. The fourth-order valence-corrected chi connectivity index (χ4v) is 3.23. The van der Waals surface area contributed by atoms with Crippen LogP contribution in [0.1, 0.15) is 0 Å². The smallest absolute Gasteiger partial charge is 0.188 e. The Morgan fingerprint density at radius 1 is 1.37 bits per heavy atom. The third kappa shape index (κ3) is 2.60. The monoisotopic (exact) mass is 299 g/mol. The minimum Gasteiger partial charge on any atom is -0.399 e. The molecule has 1 aliphatic rings. The van der Waals surface area contributed by atoms with Gasteiger partial charge in [0.05, 0.1) is 37.3 Å². The van der Waals surface area contributed by atoms with Crippen molar-refractivity contribution in [3.63, 3.8) is 0 Å². The standard InChI is InChI=1S/C11H14ClN5OS/c1-18-17-6-15(5-16(12)7-17)11-14-9-3-2-8(13)4-10(9)19-11/h2-4H,5-7,13H2,1H3. The van der Waals surface area contributed by atoms with E-state index in [-0.39, 0.29) is 0 Å². The third-order valence-corrected chi connectivity index (χ3v) is 4.19. The quantitative estimate of drug-likeness (QED) is 0.675. The van der Waals surface area contributed by atoms with Gasteiger partial charge in [-0.3, -0.25) is 4.84 Å². The molecule has 2 aromatic rings. The zero-order valence-electron chi connectivity index (χ0n) is 10.4. The number of fused-ring (bicyclic) bond motifs is 1. The van der Waals surface area contributed by atoms with E-state index in [4.69, 9.17) is 22.3 Å². The summed E-state index contributed by atoms with van der Waals surface area (Å²) >= 11 is 7.69. The number of thiazole rings is 1. The number of anilines is 2. The molecule has 1 aromatic heterocycles. The summed E-state index contributed by atoms with van der Waals surface area (Å²) in [5.41, 5.74) is 7.48. The first-order valence-electron chi connectivity index (χ1n) is 5.76. The van der Waals surface area contributed by atoms with Crippen LogP contribution in [0.2, 0.25) is 0 Å². The zero-order chi connectivity index (χ0) is 13.4. The Balaban J connectivity index is 1.90. The van der Waals surface area contributed by atoms with E-state index in [1.54, 1.807) is 27.9 Å². The Bertz CT molecular complexity index is 591. The zero-order valence-corrected chi connectivity index (χ0v) is 12.0. The van der Waals surface area contributed by atoms with Gasteiger partial charge < -0.3 is 10.6 Å². The molecular formula is C11H14ClN5OS. The fraction of sp³-hybridized carbons (Fsp3) is 0.364. The lowest BCUT2D eigenvalue weighted by Crippen LogP contribution is -2.51. The SMILES string of the molecule is CON1CN(Cl)CN(c2nc3ccc(N)cc3s2)C1. The summed E-state index contributed by atoms with van der Waals surface area (Å²) in [6.07, 6.45) is 0. The lowest BCUT2D eigenvalue weighted by atomic mass is 10.3. The van der Waals surface area contributed by atoms with Crippen molar-refractivity contribution in [2.24, 2.45) is 0 Å². The molecule has 0 aliphatic carbocycles. The Kier molecular flexibility index (Phi) is 3.46. The van der Waals surface area contributed by atoms with Crippen LogP contribution in [-0.2, 0) is 4.84 Å². The van der Waals surface area contributed by atoms with Gasteiger partial charge in [0, 0.05) is 5.69 Å². The van der Waals surface area contributed by atoms with Gasteiger partial charge in [-0.05, 0) is 30.0 Å². The highest BCUT2D eigenvalue weighted by atomic mass is 35.5. The predicted molar refractivity (Wildman–Crippen MR) is 77.7 cm³/mol. The lowest BCUT2D eigenvalue weighted by molar-refractivity contribution is -0.160. The molecular weight excluding hydrogens is 286 g/mol. The van der Waals surface area contributed by atoms with E-state index < -0.39 is 0 Å². The molecule has 0 atom stereocenters. The molecule has 19 heavy (non-hydrogen) atoms. The van der Waals surface area contributed by atoms with E-state index in [1.165, 1.54) is 0 Å². The van der Waals surface area contributed by atoms with Gasteiger partial charge in [-0.15, -0.1) is 0 Å². The van der Waals surface area contributed by atoms with Gasteiger partial charge in [0.1, 0.15) is 0 Å². The van der Waals surface area contributed by atoms with Crippen LogP contribution in [0.4, 0.5) is 10.8 Å². The van der Waals surface area contributed by atoms with Gasteiger partial charge in [-0.1, -0.05) is 11.3 Å². The Hall–Kier alpha value is -1.12. The molecule has 102 valence electrons. The van der Waals surface area contributed by atoms with Gasteiger partial charge in [-0.25, -0.2) is 4.98 Å². The van der Waals surface area contributed by atoms with Gasteiger partial charge >= 0.3 is 0 Å². The largest absolute Gasteiger partial charge is 0.399 e. The Labute approximate surface area is 120 Å². The number of hydrogen-bond acceptors (Lipinski definition) is 7. The number of halogens is 1. The van der Waals surface area contributed by atoms with Crippen LogP contribution in [0.25, 0.3) is 10.2 Å². The fourth-order valence-electron chi connectivity index (χ4n) is 1.98. The normalized spacial score (nSPS) is 18.3.